The van der Waals surface area contributed by atoms with Gasteiger partial charge in [-0.25, -0.2) is 0 Å². The largest absolute Gasteiger partial charge is 0.416 e. The molecule has 0 unspecified atom stereocenters. The second kappa shape index (κ2) is 8.60. The number of alkyl halides is 3. The Balaban J connectivity index is 2.61. The number of anilines is 1. The molecule has 0 saturated heterocycles. The van der Waals surface area contributed by atoms with Crippen molar-refractivity contribution < 1.29 is 22.6 Å². The van der Waals surface area contributed by atoms with Crippen molar-refractivity contribution in [2.24, 2.45) is 0 Å². The minimum Gasteiger partial charge on any atom is -0.385 e. The molecular formula is C14H19BrF3NO2. The fourth-order valence-electron chi connectivity index (χ4n) is 1.78. The zero-order valence-corrected chi connectivity index (χ0v) is 13.6. The normalized spacial score (nSPS) is 12.0. The van der Waals surface area contributed by atoms with E-state index in [1.54, 1.807) is 6.07 Å². The van der Waals surface area contributed by atoms with Crippen molar-refractivity contribution in [1.82, 2.24) is 0 Å². The summed E-state index contributed by atoms with van der Waals surface area (Å²) in [7, 11) is 0. The van der Waals surface area contributed by atoms with Gasteiger partial charge in [-0.2, -0.15) is 13.2 Å². The SMILES string of the molecule is CCOC(CCNc1cc(Br)cc(C(F)(F)F)c1)OCC. The van der Waals surface area contributed by atoms with Crippen LogP contribution in [0.2, 0.25) is 0 Å². The Morgan fingerprint density at radius 2 is 1.76 bits per heavy atom. The Hall–Kier alpha value is -0.790. The third-order valence-electron chi connectivity index (χ3n) is 2.64. The summed E-state index contributed by atoms with van der Waals surface area (Å²) in [4.78, 5) is 0. The molecule has 0 amide bonds. The lowest BCUT2D eigenvalue weighted by molar-refractivity contribution is -0.138. The Bertz CT molecular complexity index is 435. The maximum absolute atomic E-state index is 12.7. The molecule has 0 fully saturated rings. The van der Waals surface area contributed by atoms with Gasteiger partial charge in [0.15, 0.2) is 6.29 Å². The van der Waals surface area contributed by atoms with E-state index in [2.05, 4.69) is 21.2 Å². The van der Waals surface area contributed by atoms with Crippen LogP contribution in [0.3, 0.4) is 0 Å². The van der Waals surface area contributed by atoms with Crippen LogP contribution >= 0.6 is 15.9 Å². The van der Waals surface area contributed by atoms with Crippen molar-refractivity contribution in [1.29, 1.82) is 0 Å². The van der Waals surface area contributed by atoms with E-state index in [4.69, 9.17) is 9.47 Å². The van der Waals surface area contributed by atoms with Gasteiger partial charge in [0.25, 0.3) is 0 Å². The van der Waals surface area contributed by atoms with Crippen LogP contribution in [0.1, 0.15) is 25.8 Å². The van der Waals surface area contributed by atoms with Crippen LogP contribution in [-0.4, -0.2) is 26.0 Å². The van der Waals surface area contributed by atoms with Gasteiger partial charge in [0.1, 0.15) is 0 Å². The zero-order valence-electron chi connectivity index (χ0n) is 12.0. The van der Waals surface area contributed by atoms with Crippen LogP contribution < -0.4 is 5.32 Å². The Kier molecular flexibility index (Phi) is 7.48. The summed E-state index contributed by atoms with van der Waals surface area (Å²) in [6.07, 6.45) is -4.16. The number of hydrogen-bond acceptors (Lipinski definition) is 3. The van der Waals surface area contributed by atoms with Gasteiger partial charge in [0.05, 0.1) is 5.56 Å². The van der Waals surface area contributed by atoms with Gasteiger partial charge in [-0.15, -0.1) is 0 Å². The van der Waals surface area contributed by atoms with Crippen LogP contribution in [0.5, 0.6) is 0 Å². The molecule has 0 aliphatic rings. The maximum Gasteiger partial charge on any atom is 0.416 e. The molecule has 0 radical (unpaired) electrons. The average molecular weight is 370 g/mol. The number of benzene rings is 1. The van der Waals surface area contributed by atoms with Crippen LogP contribution in [-0.2, 0) is 15.7 Å². The van der Waals surface area contributed by atoms with E-state index in [1.165, 1.54) is 0 Å². The molecule has 120 valence electrons. The van der Waals surface area contributed by atoms with Crippen LogP contribution in [0.4, 0.5) is 18.9 Å². The van der Waals surface area contributed by atoms with Crippen LogP contribution in [0.25, 0.3) is 0 Å². The first-order chi connectivity index (χ1) is 9.86. The minimum absolute atomic E-state index is 0.346. The number of halogens is 4. The lowest BCUT2D eigenvalue weighted by atomic mass is 10.2. The zero-order chi connectivity index (χ0) is 15.9. The molecule has 7 heteroatoms. The fourth-order valence-corrected chi connectivity index (χ4v) is 2.27. The van der Waals surface area contributed by atoms with E-state index in [9.17, 15) is 13.2 Å². The van der Waals surface area contributed by atoms with Crippen molar-refractivity contribution in [3.63, 3.8) is 0 Å². The molecule has 0 bridgehead atoms. The molecule has 0 aliphatic carbocycles. The van der Waals surface area contributed by atoms with Crippen molar-refractivity contribution in [3.8, 4) is 0 Å². The van der Waals surface area contributed by atoms with Gasteiger partial charge < -0.3 is 14.8 Å². The summed E-state index contributed by atoms with van der Waals surface area (Å²) in [6.45, 7) is 5.24. The quantitative estimate of drug-likeness (QED) is 0.675. The Morgan fingerprint density at radius 1 is 1.14 bits per heavy atom. The summed E-state index contributed by atoms with van der Waals surface area (Å²) in [5.74, 6) is 0. The highest BCUT2D eigenvalue weighted by molar-refractivity contribution is 9.10. The number of hydrogen-bond donors (Lipinski definition) is 1. The molecule has 1 N–H and O–H groups in total. The highest BCUT2D eigenvalue weighted by atomic mass is 79.9. The van der Waals surface area contributed by atoms with Gasteiger partial charge in [-0.1, -0.05) is 15.9 Å². The molecule has 0 spiro atoms. The number of nitrogens with one attached hydrogen (secondary N) is 1. The lowest BCUT2D eigenvalue weighted by Crippen LogP contribution is -2.21. The minimum atomic E-state index is -4.36. The highest BCUT2D eigenvalue weighted by Gasteiger charge is 2.31. The topological polar surface area (TPSA) is 30.5 Å². The third kappa shape index (κ3) is 6.67. The molecular weight excluding hydrogens is 351 g/mol. The lowest BCUT2D eigenvalue weighted by Gasteiger charge is -2.18. The predicted octanol–water partition coefficient (Wildman–Crippen LogP) is 4.67. The molecule has 1 aromatic carbocycles. The molecule has 21 heavy (non-hydrogen) atoms. The van der Waals surface area contributed by atoms with Gasteiger partial charge in [0.2, 0.25) is 0 Å². The fraction of sp³-hybridized carbons (Fsp3) is 0.571. The van der Waals surface area contributed by atoms with E-state index in [-0.39, 0.29) is 6.29 Å². The molecule has 0 atom stereocenters. The highest BCUT2D eigenvalue weighted by Crippen LogP contribution is 2.33. The van der Waals surface area contributed by atoms with Gasteiger partial charge >= 0.3 is 6.18 Å². The molecule has 0 saturated carbocycles. The van der Waals surface area contributed by atoms with Gasteiger partial charge in [0, 0.05) is 36.3 Å². The van der Waals surface area contributed by atoms with Crippen molar-refractivity contribution in [2.75, 3.05) is 25.1 Å². The Morgan fingerprint density at radius 3 is 2.29 bits per heavy atom. The smallest absolute Gasteiger partial charge is 0.385 e. The average Bonchev–Trinajstić information content (AvgIpc) is 2.37. The molecule has 1 rings (SSSR count). The number of ether oxygens (including phenoxy) is 2. The van der Waals surface area contributed by atoms with Gasteiger partial charge in [-0.3, -0.25) is 0 Å². The Labute approximate surface area is 130 Å². The summed E-state index contributed by atoms with van der Waals surface area (Å²) >= 11 is 3.09. The van der Waals surface area contributed by atoms with E-state index >= 15 is 0 Å². The van der Waals surface area contributed by atoms with Crippen molar-refractivity contribution in [3.05, 3.63) is 28.2 Å². The van der Waals surface area contributed by atoms with E-state index < -0.39 is 11.7 Å². The molecule has 0 heterocycles. The summed E-state index contributed by atoms with van der Waals surface area (Å²) < 4.78 is 49.3. The van der Waals surface area contributed by atoms with E-state index in [0.717, 1.165) is 12.1 Å². The molecule has 3 nitrogen and oxygen atoms in total. The first kappa shape index (κ1) is 18.3. The standard InChI is InChI=1S/C14H19BrF3NO2/c1-3-20-13(21-4-2)5-6-19-12-8-10(14(16,17)18)7-11(15)9-12/h7-9,13,19H,3-6H2,1-2H3. The monoisotopic (exact) mass is 369 g/mol. The molecule has 0 aliphatic heterocycles. The van der Waals surface area contributed by atoms with Crippen molar-refractivity contribution >= 4 is 21.6 Å². The summed E-state index contributed by atoms with van der Waals surface area (Å²) in [5, 5.41) is 2.96. The summed E-state index contributed by atoms with van der Waals surface area (Å²) in [6, 6.07) is 3.74. The second-order valence-corrected chi connectivity index (χ2v) is 5.20. The molecule has 0 aromatic heterocycles. The maximum atomic E-state index is 12.7. The molecule has 1 aromatic rings. The van der Waals surface area contributed by atoms with Crippen LogP contribution in [0.15, 0.2) is 22.7 Å². The first-order valence-corrected chi connectivity index (χ1v) is 7.51. The van der Waals surface area contributed by atoms with E-state index in [1.807, 2.05) is 13.8 Å². The third-order valence-corrected chi connectivity index (χ3v) is 3.10. The number of rotatable bonds is 8. The predicted molar refractivity (Wildman–Crippen MR) is 79.3 cm³/mol. The summed E-state index contributed by atoms with van der Waals surface area (Å²) in [5.41, 5.74) is -0.283. The van der Waals surface area contributed by atoms with Crippen molar-refractivity contribution in [2.45, 2.75) is 32.7 Å². The second-order valence-electron chi connectivity index (χ2n) is 4.28. The first-order valence-electron chi connectivity index (χ1n) is 6.71. The van der Waals surface area contributed by atoms with Crippen LogP contribution in [0, 0.1) is 0 Å². The van der Waals surface area contributed by atoms with E-state index in [0.29, 0.717) is 36.3 Å². The van der Waals surface area contributed by atoms with Gasteiger partial charge in [-0.05, 0) is 32.0 Å².